The first-order valence-corrected chi connectivity index (χ1v) is 9.00. The van der Waals surface area contributed by atoms with Gasteiger partial charge in [0.05, 0.1) is 23.9 Å². The minimum Gasteiger partial charge on any atom is -0.482 e. The van der Waals surface area contributed by atoms with E-state index in [9.17, 15) is 4.79 Å². The highest BCUT2D eigenvalue weighted by molar-refractivity contribution is 7.09. The minimum absolute atomic E-state index is 0.00134. The van der Waals surface area contributed by atoms with Crippen LogP contribution < -0.4 is 10.1 Å². The summed E-state index contributed by atoms with van der Waals surface area (Å²) in [7, 11) is 0. The number of amides is 1. The summed E-state index contributed by atoms with van der Waals surface area (Å²) in [5, 5.41) is 3.36. The molecule has 1 unspecified atom stereocenters. The summed E-state index contributed by atoms with van der Waals surface area (Å²) in [5.74, 6) is 1.11. The molecule has 0 saturated carbocycles. The smallest absolute Gasteiger partial charge is 0.260 e. The first-order valence-electron chi connectivity index (χ1n) is 8.12. The summed E-state index contributed by atoms with van der Waals surface area (Å²) in [6.07, 6.45) is 4.40. The third-order valence-electron chi connectivity index (χ3n) is 4.17. The Morgan fingerprint density at radius 3 is 3.12 bits per heavy atom. The van der Waals surface area contributed by atoms with Crippen LogP contribution in [-0.2, 0) is 11.3 Å². The molecule has 0 bridgehead atoms. The fourth-order valence-electron chi connectivity index (χ4n) is 2.76. The molecule has 2 aromatic heterocycles. The van der Waals surface area contributed by atoms with E-state index in [0.717, 1.165) is 36.6 Å². The van der Waals surface area contributed by atoms with E-state index in [-0.39, 0.29) is 12.5 Å². The second kappa shape index (κ2) is 8.21. The van der Waals surface area contributed by atoms with Gasteiger partial charge in [0.1, 0.15) is 5.75 Å². The molecule has 1 amide bonds. The van der Waals surface area contributed by atoms with Gasteiger partial charge in [-0.05, 0) is 44.5 Å². The highest BCUT2D eigenvalue weighted by atomic mass is 32.1. The zero-order valence-corrected chi connectivity index (χ0v) is 14.6. The Bertz CT molecular complexity index is 656. The Hall–Kier alpha value is -1.99. The number of aryl methyl sites for hydroxylation is 1. The van der Waals surface area contributed by atoms with Crippen LogP contribution in [0.5, 0.6) is 5.75 Å². The summed E-state index contributed by atoms with van der Waals surface area (Å²) >= 11 is 1.60. The van der Waals surface area contributed by atoms with E-state index in [1.165, 1.54) is 0 Å². The van der Waals surface area contributed by atoms with E-state index in [2.05, 4.69) is 15.3 Å². The molecule has 3 rings (SSSR count). The predicted molar refractivity (Wildman–Crippen MR) is 93.0 cm³/mol. The third kappa shape index (κ3) is 4.52. The topological polar surface area (TPSA) is 67.4 Å². The first-order chi connectivity index (χ1) is 11.7. The number of carbonyl (C=O) groups excluding carboxylic acids is 1. The monoisotopic (exact) mass is 346 g/mol. The fourth-order valence-corrected chi connectivity index (χ4v) is 3.55. The van der Waals surface area contributed by atoms with E-state index >= 15 is 0 Å². The molecule has 1 N–H and O–H groups in total. The Morgan fingerprint density at radius 1 is 1.54 bits per heavy atom. The van der Waals surface area contributed by atoms with Gasteiger partial charge < -0.3 is 15.0 Å². The quantitative estimate of drug-likeness (QED) is 0.829. The van der Waals surface area contributed by atoms with Crippen molar-refractivity contribution in [3.8, 4) is 5.75 Å². The lowest BCUT2D eigenvalue weighted by Crippen LogP contribution is -2.38. The van der Waals surface area contributed by atoms with Crippen molar-refractivity contribution in [2.24, 2.45) is 5.92 Å². The molecule has 1 aliphatic rings. The molecule has 2 aromatic rings. The maximum atomic E-state index is 12.7. The summed E-state index contributed by atoms with van der Waals surface area (Å²) < 4.78 is 5.58. The van der Waals surface area contributed by atoms with Crippen LogP contribution in [0.2, 0.25) is 0 Å². The Balaban J connectivity index is 1.63. The Kier molecular flexibility index (Phi) is 5.77. The van der Waals surface area contributed by atoms with Crippen molar-refractivity contribution in [3.05, 3.63) is 40.6 Å². The largest absolute Gasteiger partial charge is 0.482 e. The number of pyridine rings is 1. The zero-order chi connectivity index (χ0) is 16.8. The number of hydrogen-bond donors (Lipinski definition) is 1. The van der Waals surface area contributed by atoms with Crippen LogP contribution in [0.1, 0.15) is 17.0 Å². The van der Waals surface area contributed by atoms with Crippen molar-refractivity contribution in [2.75, 3.05) is 26.2 Å². The van der Waals surface area contributed by atoms with Crippen LogP contribution in [0.25, 0.3) is 0 Å². The molecular formula is C17H22N4O2S. The molecular weight excluding hydrogens is 324 g/mol. The van der Waals surface area contributed by atoms with Crippen LogP contribution in [-0.4, -0.2) is 47.0 Å². The van der Waals surface area contributed by atoms with Gasteiger partial charge in [-0.1, -0.05) is 0 Å². The standard InChI is InChI=1S/C17H22N4O2S/c1-13-16(24-12-20-13)10-21(9-14-4-6-19-7-14)17(22)11-23-15-3-2-5-18-8-15/h2-3,5,8,12,14,19H,4,6-7,9-11H2,1H3. The van der Waals surface area contributed by atoms with Gasteiger partial charge in [0.2, 0.25) is 0 Å². The third-order valence-corrected chi connectivity index (χ3v) is 5.09. The van der Waals surface area contributed by atoms with Gasteiger partial charge in [-0.2, -0.15) is 0 Å². The molecule has 0 spiro atoms. The highest BCUT2D eigenvalue weighted by Crippen LogP contribution is 2.18. The lowest BCUT2D eigenvalue weighted by molar-refractivity contribution is -0.134. The number of carbonyl (C=O) groups is 1. The molecule has 1 fully saturated rings. The lowest BCUT2D eigenvalue weighted by atomic mass is 10.1. The molecule has 1 saturated heterocycles. The van der Waals surface area contributed by atoms with Crippen molar-refractivity contribution in [3.63, 3.8) is 0 Å². The second-order valence-corrected chi connectivity index (χ2v) is 6.91. The fraction of sp³-hybridized carbons (Fsp3) is 0.471. The van der Waals surface area contributed by atoms with Gasteiger partial charge in [-0.3, -0.25) is 9.78 Å². The SMILES string of the molecule is Cc1ncsc1CN(CC1CCNC1)C(=O)COc1cccnc1. The van der Waals surface area contributed by atoms with E-state index in [0.29, 0.717) is 18.2 Å². The number of rotatable bonds is 7. The molecule has 0 aromatic carbocycles. The zero-order valence-electron chi connectivity index (χ0n) is 13.8. The van der Waals surface area contributed by atoms with Gasteiger partial charge >= 0.3 is 0 Å². The molecule has 3 heterocycles. The van der Waals surface area contributed by atoms with Crippen molar-refractivity contribution in [1.82, 2.24) is 20.2 Å². The van der Waals surface area contributed by atoms with Gasteiger partial charge in [0, 0.05) is 17.6 Å². The van der Waals surface area contributed by atoms with E-state index in [1.54, 1.807) is 35.9 Å². The van der Waals surface area contributed by atoms with Crippen LogP contribution >= 0.6 is 11.3 Å². The normalized spacial score (nSPS) is 17.0. The van der Waals surface area contributed by atoms with E-state index in [4.69, 9.17) is 4.74 Å². The van der Waals surface area contributed by atoms with Crippen LogP contribution in [0.15, 0.2) is 30.0 Å². The van der Waals surface area contributed by atoms with E-state index < -0.39 is 0 Å². The first kappa shape index (κ1) is 16.9. The number of ether oxygens (including phenoxy) is 1. The van der Waals surface area contributed by atoms with Crippen molar-refractivity contribution >= 4 is 17.2 Å². The highest BCUT2D eigenvalue weighted by Gasteiger charge is 2.23. The van der Waals surface area contributed by atoms with Crippen LogP contribution in [0.4, 0.5) is 0 Å². The molecule has 128 valence electrons. The number of nitrogens with zero attached hydrogens (tertiary/aromatic N) is 3. The van der Waals surface area contributed by atoms with Crippen molar-refractivity contribution in [1.29, 1.82) is 0 Å². The van der Waals surface area contributed by atoms with Gasteiger partial charge in [0.15, 0.2) is 6.61 Å². The minimum atomic E-state index is -0.00134. The summed E-state index contributed by atoms with van der Waals surface area (Å²) in [4.78, 5) is 24.0. The van der Waals surface area contributed by atoms with E-state index in [1.807, 2.05) is 17.3 Å². The number of nitrogens with one attached hydrogen (secondary N) is 1. The maximum Gasteiger partial charge on any atom is 0.260 e. The summed E-state index contributed by atoms with van der Waals surface area (Å²) in [6, 6.07) is 3.60. The van der Waals surface area contributed by atoms with Crippen LogP contribution in [0.3, 0.4) is 0 Å². The van der Waals surface area contributed by atoms with Crippen molar-refractivity contribution < 1.29 is 9.53 Å². The molecule has 24 heavy (non-hydrogen) atoms. The average molecular weight is 346 g/mol. The summed E-state index contributed by atoms with van der Waals surface area (Å²) in [6.45, 7) is 5.36. The average Bonchev–Trinajstić information content (AvgIpc) is 3.25. The van der Waals surface area contributed by atoms with Gasteiger partial charge in [-0.25, -0.2) is 4.98 Å². The summed E-state index contributed by atoms with van der Waals surface area (Å²) in [5.41, 5.74) is 2.83. The number of hydrogen-bond acceptors (Lipinski definition) is 6. The second-order valence-electron chi connectivity index (χ2n) is 5.97. The molecule has 1 atom stereocenters. The molecule has 7 heteroatoms. The molecule has 0 radical (unpaired) electrons. The molecule has 6 nitrogen and oxygen atoms in total. The number of aromatic nitrogens is 2. The Labute approximate surface area is 145 Å². The van der Waals surface area contributed by atoms with Gasteiger partial charge in [0.25, 0.3) is 5.91 Å². The predicted octanol–water partition coefficient (Wildman–Crippen LogP) is 1.86. The lowest BCUT2D eigenvalue weighted by Gasteiger charge is -2.25. The number of thiazole rings is 1. The molecule has 1 aliphatic heterocycles. The van der Waals surface area contributed by atoms with Crippen LogP contribution in [0, 0.1) is 12.8 Å². The Morgan fingerprint density at radius 2 is 2.46 bits per heavy atom. The molecule has 0 aliphatic carbocycles. The van der Waals surface area contributed by atoms with Crippen molar-refractivity contribution in [2.45, 2.75) is 19.9 Å². The van der Waals surface area contributed by atoms with Gasteiger partial charge in [-0.15, -0.1) is 11.3 Å². The maximum absolute atomic E-state index is 12.7.